The standard InChI is InChI=1S/C17H15N3OS2/c1-2-22-15-9-8-13(10-18-15)20-16(21)14-11-19-17(23-14)12-6-4-3-5-7-12/h3-11H,2H2,1H3,(H,20,21). The Morgan fingerprint density at radius 3 is 2.65 bits per heavy atom. The van der Waals surface area contributed by atoms with Gasteiger partial charge < -0.3 is 5.32 Å². The first-order valence-corrected chi connectivity index (χ1v) is 8.98. The Balaban J connectivity index is 1.70. The summed E-state index contributed by atoms with van der Waals surface area (Å²) in [6.07, 6.45) is 3.28. The Kier molecular flexibility index (Phi) is 5.05. The summed E-state index contributed by atoms with van der Waals surface area (Å²) in [5, 5.41) is 4.64. The Bertz CT molecular complexity index is 785. The average Bonchev–Trinajstić information content (AvgIpc) is 3.08. The van der Waals surface area contributed by atoms with Gasteiger partial charge in [-0.3, -0.25) is 4.79 Å². The third-order valence-electron chi connectivity index (χ3n) is 3.04. The topological polar surface area (TPSA) is 54.9 Å². The van der Waals surface area contributed by atoms with E-state index in [4.69, 9.17) is 0 Å². The molecular formula is C17H15N3OS2. The molecule has 0 saturated heterocycles. The first kappa shape index (κ1) is 15.7. The third-order valence-corrected chi connectivity index (χ3v) is 4.91. The van der Waals surface area contributed by atoms with E-state index in [1.165, 1.54) is 11.3 Å². The van der Waals surface area contributed by atoms with Gasteiger partial charge in [0.15, 0.2) is 0 Å². The molecule has 0 saturated carbocycles. The molecule has 0 atom stereocenters. The van der Waals surface area contributed by atoms with E-state index in [9.17, 15) is 4.79 Å². The Hall–Kier alpha value is -2.18. The lowest BCUT2D eigenvalue weighted by Crippen LogP contribution is -2.10. The second kappa shape index (κ2) is 7.39. The summed E-state index contributed by atoms with van der Waals surface area (Å²) in [5.41, 5.74) is 1.70. The SMILES string of the molecule is CCSc1ccc(NC(=O)c2cnc(-c3ccccc3)s2)cn1. The fraction of sp³-hybridized carbons (Fsp3) is 0.118. The van der Waals surface area contributed by atoms with E-state index in [-0.39, 0.29) is 5.91 Å². The number of carbonyl (C=O) groups is 1. The number of rotatable bonds is 5. The van der Waals surface area contributed by atoms with Crippen molar-refractivity contribution in [1.29, 1.82) is 0 Å². The minimum absolute atomic E-state index is 0.164. The number of carbonyl (C=O) groups excluding carboxylic acids is 1. The van der Waals surface area contributed by atoms with Gasteiger partial charge in [-0.25, -0.2) is 9.97 Å². The molecule has 1 amide bonds. The van der Waals surface area contributed by atoms with E-state index in [1.54, 1.807) is 24.2 Å². The summed E-state index contributed by atoms with van der Waals surface area (Å²) in [6, 6.07) is 13.6. The highest BCUT2D eigenvalue weighted by Crippen LogP contribution is 2.25. The van der Waals surface area contributed by atoms with Crippen molar-refractivity contribution in [3.63, 3.8) is 0 Å². The first-order chi connectivity index (χ1) is 11.3. The molecule has 0 aliphatic carbocycles. The van der Waals surface area contributed by atoms with Crippen molar-refractivity contribution >= 4 is 34.7 Å². The lowest BCUT2D eigenvalue weighted by molar-refractivity contribution is 0.103. The highest BCUT2D eigenvalue weighted by atomic mass is 32.2. The van der Waals surface area contributed by atoms with E-state index in [1.807, 2.05) is 42.5 Å². The number of benzene rings is 1. The molecule has 0 unspecified atom stereocenters. The van der Waals surface area contributed by atoms with Gasteiger partial charge in [0.05, 0.1) is 23.1 Å². The fourth-order valence-corrected chi connectivity index (χ4v) is 3.38. The van der Waals surface area contributed by atoms with Crippen LogP contribution in [-0.2, 0) is 0 Å². The van der Waals surface area contributed by atoms with Gasteiger partial charge >= 0.3 is 0 Å². The Morgan fingerprint density at radius 1 is 1.13 bits per heavy atom. The van der Waals surface area contributed by atoms with Crippen molar-refractivity contribution in [1.82, 2.24) is 9.97 Å². The predicted molar refractivity (Wildman–Crippen MR) is 96.1 cm³/mol. The minimum Gasteiger partial charge on any atom is -0.320 e. The molecule has 4 nitrogen and oxygen atoms in total. The van der Waals surface area contributed by atoms with E-state index in [0.29, 0.717) is 10.6 Å². The van der Waals surface area contributed by atoms with Crippen LogP contribution in [0.25, 0.3) is 10.6 Å². The van der Waals surface area contributed by atoms with Crippen molar-refractivity contribution in [2.45, 2.75) is 11.9 Å². The quantitative estimate of drug-likeness (QED) is 0.691. The van der Waals surface area contributed by atoms with Crippen molar-refractivity contribution in [2.75, 3.05) is 11.1 Å². The van der Waals surface area contributed by atoms with Gasteiger partial charge in [0.2, 0.25) is 0 Å². The summed E-state index contributed by atoms with van der Waals surface area (Å²) in [5.74, 6) is 0.810. The molecule has 2 aromatic heterocycles. The van der Waals surface area contributed by atoms with Crippen LogP contribution in [0.3, 0.4) is 0 Å². The van der Waals surface area contributed by atoms with Crippen LogP contribution in [0.2, 0.25) is 0 Å². The molecule has 0 bridgehead atoms. The van der Waals surface area contributed by atoms with Crippen molar-refractivity contribution in [3.8, 4) is 10.6 Å². The summed E-state index contributed by atoms with van der Waals surface area (Å²) >= 11 is 3.05. The number of aromatic nitrogens is 2. The van der Waals surface area contributed by atoms with Crippen molar-refractivity contribution in [2.24, 2.45) is 0 Å². The summed E-state index contributed by atoms with van der Waals surface area (Å²) in [6.45, 7) is 2.08. The highest BCUT2D eigenvalue weighted by molar-refractivity contribution is 7.99. The normalized spacial score (nSPS) is 10.5. The lowest BCUT2D eigenvalue weighted by Gasteiger charge is -2.03. The fourth-order valence-electron chi connectivity index (χ4n) is 1.97. The lowest BCUT2D eigenvalue weighted by atomic mass is 10.2. The van der Waals surface area contributed by atoms with Crippen LogP contribution >= 0.6 is 23.1 Å². The van der Waals surface area contributed by atoms with Crippen LogP contribution in [0.5, 0.6) is 0 Å². The van der Waals surface area contributed by atoms with Crippen LogP contribution in [0.4, 0.5) is 5.69 Å². The van der Waals surface area contributed by atoms with E-state index >= 15 is 0 Å². The molecule has 23 heavy (non-hydrogen) atoms. The smallest absolute Gasteiger partial charge is 0.267 e. The Labute approximate surface area is 143 Å². The van der Waals surface area contributed by atoms with Gasteiger partial charge in [-0.15, -0.1) is 23.1 Å². The molecule has 0 fully saturated rings. The molecule has 6 heteroatoms. The van der Waals surface area contributed by atoms with E-state index < -0.39 is 0 Å². The number of thiazole rings is 1. The zero-order chi connectivity index (χ0) is 16.1. The molecule has 0 aliphatic rings. The summed E-state index contributed by atoms with van der Waals surface area (Å²) in [4.78, 5) is 21.5. The van der Waals surface area contributed by atoms with Crippen molar-refractivity contribution in [3.05, 3.63) is 59.7 Å². The van der Waals surface area contributed by atoms with Gasteiger partial charge in [-0.05, 0) is 17.9 Å². The van der Waals surface area contributed by atoms with Crippen LogP contribution in [-0.4, -0.2) is 21.6 Å². The van der Waals surface area contributed by atoms with Crippen molar-refractivity contribution < 1.29 is 4.79 Å². The maximum absolute atomic E-state index is 12.3. The van der Waals surface area contributed by atoms with E-state index in [2.05, 4.69) is 22.2 Å². The molecule has 3 rings (SSSR count). The van der Waals surface area contributed by atoms with E-state index in [0.717, 1.165) is 21.3 Å². The molecule has 0 spiro atoms. The number of thioether (sulfide) groups is 1. The third kappa shape index (κ3) is 3.97. The van der Waals surface area contributed by atoms with Crippen LogP contribution < -0.4 is 5.32 Å². The number of pyridine rings is 1. The zero-order valence-electron chi connectivity index (χ0n) is 12.5. The Morgan fingerprint density at radius 2 is 1.96 bits per heavy atom. The van der Waals surface area contributed by atoms with Gasteiger partial charge in [-0.2, -0.15) is 0 Å². The van der Waals surface area contributed by atoms with Gasteiger partial charge in [-0.1, -0.05) is 37.3 Å². The van der Waals surface area contributed by atoms with Crippen LogP contribution in [0.15, 0.2) is 59.9 Å². The largest absolute Gasteiger partial charge is 0.320 e. The number of nitrogens with zero attached hydrogens (tertiary/aromatic N) is 2. The molecule has 2 heterocycles. The average molecular weight is 341 g/mol. The summed E-state index contributed by atoms with van der Waals surface area (Å²) < 4.78 is 0. The number of hydrogen-bond donors (Lipinski definition) is 1. The molecule has 116 valence electrons. The van der Waals surface area contributed by atoms with Gasteiger partial charge in [0.25, 0.3) is 5.91 Å². The molecule has 1 aromatic carbocycles. The number of nitrogens with one attached hydrogen (secondary N) is 1. The van der Waals surface area contributed by atoms with Crippen LogP contribution in [0, 0.1) is 0 Å². The molecular weight excluding hydrogens is 326 g/mol. The number of anilines is 1. The predicted octanol–water partition coefficient (Wildman–Crippen LogP) is 4.57. The maximum atomic E-state index is 12.3. The number of amides is 1. The second-order valence-electron chi connectivity index (χ2n) is 4.67. The number of hydrogen-bond acceptors (Lipinski definition) is 5. The minimum atomic E-state index is -0.164. The zero-order valence-corrected chi connectivity index (χ0v) is 14.2. The van der Waals surface area contributed by atoms with Gasteiger partial charge in [0, 0.05) is 5.56 Å². The summed E-state index contributed by atoms with van der Waals surface area (Å²) in [7, 11) is 0. The molecule has 3 aromatic rings. The molecule has 0 aliphatic heterocycles. The maximum Gasteiger partial charge on any atom is 0.267 e. The molecule has 0 radical (unpaired) electrons. The second-order valence-corrected chi connectivity index (χ2v) is 6.98. The first-order valence-electron chi connectivity index (χ1n) is 7.17. The highest BCUT2D eigenvalue weighted by Gasteiger charge is 2.12. The molecule has 1 N–H and O–H groups in total. The van der Waals surface area contributed by atoms with Gasteiger partial charge in [0.1, 0.15) is 9.88 Å². The van der Waals surface area contributed by atoms with Crippen LogP contribution in [0.1, 0.15) is 16.6 Å². The monoisotopic (exact) mass is 341 g/mol.